The summed E-state index contributed by atoms with van der Waals surface area (Å²) in [5, 5.41) is 9.16. The van der Waals surface area contributed by atoms with Crippen LogP contribution >= 0.6 is 0 Å². The van der Waals surface area contributed by atoms with Gasteiger partial charge in [-0.3, -0.25) is 0 Å². The molecule has 1 saturated heterocycles. The summed E-state index contributed by atoms with van der Waals surface area (Å²) >= 11 is 0. The molecule has 0 aromatic carbocycles. The van der Waals surface area contributed by atoms with Crippen LogP contribution in [0, 0.1) is 0 Å². The molecule has 1 aliphatic rings. The number of hydrogen-bond acceptors (Lipinski definition) is 5. The maximum atomic E-state index is 11.2. The molecule has 1 N–H and O–H groups in total. The Bertz CT molecular complexity index is 438. The van der Waals surface area contributed by atoms with E-state index < -0.39 is 5.97 Å². The topological polar surface area (TPSA) is 75.5 Å². The fourth-order valence-electron chi connectivity index (χ4n) is 2.13. The first-order valence-electron chi connectivity index (χ1n) is 6.06. The number of carboxylic acid groups (broad SMARTS) is 1. The van der Waals surface area contributed by atoms with E-state index in [4.69, 9.17) is 9.84 Å². The third-order valence-electron chi connectivity index (χ3n) is 3.09. The van der Waals surface area contributed by atoms with Crippen molar-refractivity contribution in [2.24, 2.45) is 0 Å². The first-order chi connectivity index (χ1) is 8.63. The molecule has 6 nitrogen and oxygen atoms in total. The van der Waals surface area contributed by atoms with Crippen molar-refractivity contribution in [1.29, 1.82) is 0 Å². The molecule has 1 aromatic heterocycles. The number of nitrogens with zero attached hydrogens (tertiary/aromatic N) is 3. The van der Waals surface area contributed by atoms with Crippen molar-refractivity contribution >= 4 is 11.8 Å². The Morgan fingerprint density at radius 1 is 1.56 bits per heavy atom. The van der Waals surface area contributed by atoms with Gasteiger partial charge in [0.05, 0.1) is 18.8 Å². The summed E-state index contributed by atoms with van der Waals surface area (Å²) in [6.45, 7) is 5.24. The molecule has 2 unspecified atom stereocenters. The fraction of sp³-hybridized carbons (Fsp3) is 0.583. The van der Waals surface area contributed by atoms with Gasteiger partial charge in [0.1, 0.15) is 0 Å². The number of aromatic nitrogens is 2. The van der Waals surface area contributed by atoms with E-state index in [0.29, 0.717) is 19.0 Å². The van der Waals surface area contributed by atoms with Crippen LogP contribution in [-0.4, -0.2) is 46.3 Å². The second-order valence-corrected chi connectivity index (χ2v) is 4.39. The Hall–Kier alpha value is -1.69. The van der Waals surface area contributed by atoms with E-state index in [1.807, 2.05) is 18.7 Å². The van der Waals surface area contributed by atoms with E-state index >= 15 is 0 Å². The normalized spacial score (nSPS) is 24.0. The fourth-order valence-corrected chi connectivity index (χ4v) is 2.13. The van der Waals surface area contributed by atoms with Crippen LogP contribution in [0.3, 0.4) is 0 Å². The number of aromatic carboxylic acids is 1. The van der Waals surface area contributed by atoms with E-state index in [0.717, 1.165) is 6.42 Å². The monoisotopic (exact) mass is 251 g/mol. The summed E-state index contributed by atoms with van der Waals surface area (Å²) in [4.78, 5) is 21.3. The minimum Gasteiger partial charge on any atom is -0.476 e. The second-order valence-electron chi connectivity index (χ2n) is 4.39. The van der Waals surface area contributed by atoms with Gasteiger partial charge in [-0.1, -0.05) is 6.92 Å². The molecule has 0 amide bonds. The van der Waals surface area contributed by atoms with Crippen molar-refractivity contribution in [3.8, 4) is 0 Å². The maximum absolute atomic E-state index is 11.2. The highest BCUT2D eigenvalue weighted by molar-refractivity contribution is 5.91. The third kappa shape index (κ3) is 2.43. The zero-order valence-electron chi connectivity index (χ0n) is 10.5. The van der Waals surface area contributed by atoms with Gasteiger partial charge in [-0.15, -0.1) is 0 Å². The second kappa shape index (κ2) is 5.30. The summed E-state index contributed by atoms with van der Waals surface area (Å²) in [5.41, 5.74) is 0.00468. The zero-order valence-corrected chi connectivity index (χ0v) is 10.5. The number of carbonyl (C=O) groups is 1. The van der Waals surface area contributed by atoms with E-state index in [9.17, 15) is 4.79 Å². The maximum Gasteiger partial charge on any atom is 0.358 e. The molecule has 0 saturated carbocycles. The van der Waals surface area contributed by atoms with Gasteiger partial charge in [0, 0.05) is 18.9 Å². The number of rotatable bonds is 3. The van der Waals surface area contributed by atoms with Crippen LogP contribution in [0.1, 0.15) is 30.8 Å². The van der Waals surface area contributed by atoms with Crippen LogP contribution in [0.5, 0.6) is 0 Å². The standard InChI is InChI=1S/C12H17N3O3/c1-3-9-7-18-8(2)6-15(9)11-10(12(16)17)13-4-5-14-11/h4-5,8-9H,3,6-7H2,1-2H3,(H,16,17). The molecule has 1 aromatic rings. The number of anilines is 1. The SMILES string of the molecule is CCC1COC(C)CN1c1nccnc1C(=O)O. The van der Waals surface area contributed by atoms with Gasteiger partial charge in [-0.2, -0.15) is 0 Å². The van der Waals surface area contributed by atoms with Gasteiger partial charge >= 0.3 is 5.97 Å². The zero-order chi connectivity index (χ0) is 13.1. The smallest absolute Gasteiger partial charge is 0.358 e. The summed E-state index contributed by atoms with van der Waals surface area (Å²) in [6, 6.07) is 0.149. The summed E-state index contributed by atoms with van der Waals surface area (Å²) in [5.74, 6) is -0.612. The predicted octanol–water partition coefficient (Wildman–Crippen LogP) is 1.18. The molecule has 1 fully saturated rings. The summed E-state index contributed by atoms with van der Waals surface area (Å²) in [6.07, 6.45) is 3.87. The molecule has 98 valence electrons. The molecule has 0 bridgehead atoms. The molecule has 2 heterocycles. The molecule has 0 aliphatic carbocycles. The lowest BCUT2D eigenvalue weighted by Gasteiger charge is -2.39. The molecule has 18 heavy (non-hydrogen) atoms. The van der Waals surface area contributed by atoms with Crippen molar-refractivity contribution in [2.45, 2.75) is 32.4 Å². The number of hydrogen-bond donors (Lipinski definition) is 1. The van der Waals surface area contributed by atoms with Crippen molar-refractivity contribution in [3.63, 3.8) is 0 Å². The quantitative estimate of drug-likeness (QED) is 0.869. The Kier molecular flexibility index (Phi) is 3.76. The summed E-state index contributed by atoms with van der Waals surface area (Å²) in [7, 11) is 0. The van der Waals surface area contributed by atoms with E-state index in [2.05, 4.69) is 9.97 Å². The van der Waals surface area contributed by atoms with Crippen LogP contribution < -0.4 is 4.90 Å². The van der Waals surface area contributed by atoms with Crippen LogP contribution in [0.2, 0.25) is 0 Å². The highest BCUT2D eigenvalue weighted by atomic mass is 16.5. The van der Waals surface area contributed by atoms with Gasteiger partial charge in [-0.05, 0) is 13.3 Å². The number of carboxylic acids is 1. The Balaban J connectivity index is 2.36. The minimum atomic E-state index is -1.05. The largest absolute Gasteiger partial charge is 0.476 e. The van der Waals surface area contributed by atoms with Gasteiger partial charge in [-0.25, -0.2) is 14.8 Å². The lowest BCUT2D eigenvalue weighted by Crippen LogP contribution is -2.49. The number of ether oxygens (including phenoxy) is 1. The molecule has 6 heteroatoms. The molecular weight excluding hydrogens is 234 g/mol. The van der Waals surface area contributed by atoms with E-state index in [-0.39, 0.29) is 17.8 Å². The van der Waals surface area contributed by atoms with Gasteiger partial charge in [0.15, 0.2) is 11.5 Å². The van der Waals surface area contributed by atoms with Crippen molar-refractivity contribution in [3.05, 3.63) is 18.1 Å². The molecule has 0 radical (unpaired) electrons. The first kappa shape index (κ1) is 12.8. The Morgan fingerprint density at radius 2 is 2.28 bits per heavy atom. The lowest BCUT2D eigenvalue weighted by atomic mass is 10.1. The Labute approximate surface area is 106 Å². The van der Waals surface area contributed by atoms with Crippen molar-refractivity contribution in [2.75, 3.05) is 18.1 Å². The van der Waals surface area contributed by atoms with Gasteiger partial charge in [0.2, 0.25) is 0 Å². The van der Waals surface area contributed by atoms with Crippen LogP contribution in [-0.2, 0) is 4.74 Å². The predicted molar refractivity (Wildman–Crippen MR) is 65.8 cm³/mol. The highest BCUT2D eigenvalue weighted by Gasteiger charge is 2.30. The average Bonchev–Trinajstić information content (AvgIpc) is 2.38. The first-order valence-corrected chi connectivity index (χ1v) is 6.06. The molecule has 0 spiro atoms. The Morgan fingerprint density at radius 3 is 2.94 bits per heavy atom. The number of morpholine rings is 1. The molecule has 2 rings (SSSR count). The molecule has 2 atom stereocenters. The third-order valence-corrected chi connectivity index (χ3v) is 3.09. The van der Waals surface area contributed by atoms with Crippen molar-refractivity contribution < 1.29 is 14.6 Å². The van der Waals surface area contributed by atoms with Crippen LogP contribution in [0.4, 0.5) is 5.82 Å². The molecule has 1 aliphatic heterocycles. The van der Waals surface area contributed by atoms with Gasteiger partial charge < -0.3 is 14.7 Å². The van der Waals surface area contributed by atoms with Crippen LogP contribution in [0.25, 0.3) is 0 Å². The van der Waals surface area contributed by atoms with E-state index in [1.54, 1.807) is 0 Å². The molecular formula is C12H17N3O3. The highest BCUT2D eigenvalue weighted by Crippen LogP contribution is 2.23. The minimum absolute atomic E-state index is 0.00468. The van der Waals surface area contributed by atoms with E-state index in [1.165, 1.54) is 12.4 Å². The average molecular weight is 251 g/mol. The van der Waals surface area contributed by atoms with Gasteiger partial charge in [0.25, 0.3) is 0 Å². The lowest BCUT2D eigenvalue weighted by molar-refractivity contribution is 0.0293. The van der Waals surface area contributed by atoms with Crippen molar-refractivity contribution in [1.82, 2.24) is 9.97 Å². The summed E-state index contributed by atoms with van der Waals surface area (Å²) < 4.78 is 5.60. The van der Waals surface area contributed by atoms with Crippen LogP contribution in [0.15, 0.2) is 12.4 Å².